The van der Waals surface area contributed by atoms with Crippen molar-refractivity contribution in [3.8, 4) is 11.5 Å². The normalized spacial score (nSPS) is 11.5. The Morgan fingerprint density at radius 1 is 1.03 bits per heavy atom. The van der Waals surface area contributed by atoms with Crippen molar-refractivity contribution < 1.29 is 23.8 Å². The van der Waals surface area contributed by atoms with Gasteiger partial charge in [-0.25, -0.2) is 0 Å². The van der Waals surface area contributed by atoms with Crippen LogP contribution in [0.5, 0.6) is 11.5 Å². The third-order valence-electron chi connectivity index (χ3n) is 4.19. The molecule has 0 saturated heterocycles. The molecule has 2 amide bonds. The van der Waals surface area contributed by atoms with Crippen LogP contribution in [-0.4, -0.2) is 38.2 Å². The summed E-state index contributed by atoms with van der Waals surface area (Å²) in [6, 6.07) is 10.6. The van der Waals surface area contributed by atoms with Crippen molar-refractivity contribution in [2.75, 3.05) is 20.3 Å². The number of carbonyl (C=O) groups is 2. The predicted molar refractivity (Wildman–Crippen MR) is 113 cm³/mol. The lowest BCUT2D eigenvalue weighted by molar-refractivity contribution is -0.128. The second-order valence-electron chi connectivity index (χ2n) is 6.43. The van der Waals surface area contributed by atoms with Crippen LogP contribution in [0, 0.1) is 13.8 Å². The van der Waals surface area contributed by atoms with Crippen LogP contribution in [0.15, 0.2) is 40.9 Å². The number of benzene rings is 2. The van der Waals surface area contributed by atoms with Gasteiger partial charge in [0.1, 0.15) is 18.1 Å². The van der Waals surface area contributed by atoms with E-state index in [1.165, 1.54) is 0 Å². The summed E-state index contributed by atoms with van der Waals surface area (Å²) in [5.74, 6) is -0.0156. The lowest BCUT2D eigenvalue weighted by Crippen LogP contribution is -2.47. The van der Waals surface area contributed by atoms with Crippen LogP contribution in [0.3, 0.4) is 0 Å². The minimum Gasteiger partial charge on any atom is -0.490 e. The number of methoxy groups -OCH3 is 1. The molecule has 29 heavy (non-hydrogen) atoms. The molecule has 0 bridgehead atoms. The first-order valence-corrected chi connectivity index (χ1v) is 9.86. The van der Waals surface area contributed by atoms with Crippen LogP contribution in [0.4, 0.5) is 0 Å². The van der Waals surface area contributed by atoms with Gasteiger partial charge in [0.05, 0.1) is 12.2 Å². The highest BCUT2D eigenvalue weighted by atomic mass is 79.9. The Morgan fingerprint density at radius 3 is 2.48 bits per heavy atom. The Labute approximate surface area is 178 Å². The van der Waals surface area contributed by atoms with Gasteiger partial charge in [-0.05, 0) is 62.2 Å². The topological polar surface area (TPSA) is 85.9 Å². The number of amides is 2. The highest BCUT2D eigenvalue weighted by molar-refractivity contribution is 9.10. The van der Waals surface area contributed by atoms with Gasteiger partial charge >= 0.3 is 0 Å². The monoisotopic (exact) mass is 464 g/mol. The van der Waals surface area contributed by atoms with Gasteiger partial charge in [0.2, 0.25) is 0 Å². The van der Waals surface area contributed by atoms with Gasteiger partial charge in [-0.3, -0.25) is 20.4 Å². The molecule has 0 aromatic heterocycles. The van der Waals surface area contributed by atoms with Crippen molar-refractivity contribution in [1.82, 2.24) is 10.9 Å². The third-order valence-corrected chi connectivity index (χ3v) is 4.68. The summed E-state index contributed by atoms with van der Waals surface area (Å²) in [5, 5.41) is 0. The Hall–Kier alpha value is -2.58. The number of ether oxygens (including phenoxy) is 3. The van der Waals surface area contributed by atoms with Crippen LogP contribution >= 0.6 is 15.9 Å². The molecule has 0 saturated carbocycles. The highest BCUT2D eigenvalue weighted by Crippen LogP contribution is 2.23. The molecule has 0 heterocycles. The molecule has 0 aliphatic heterocycles. The van der Waals surface area contributed by atoms with E-state index in [0.717, 1.165) is 11.1 Å². The number of hydrazine groups is 1. The van der Waals surface area contributed by atoms with Gasteiger partial charge in [-0.2, -0.15) is 0 Å². The SMILES string of the molecule is COCCOc1ccc(Br)cc1C(=O)NNC(=O)C(C)Oc1ccc(C)c(C)c1. The Kier molecular flexibility index (Phi) is 8.48. The van der Waals surface area contributed by atoms with Crippen molar-refractivity contribution >= 4 is 27.7 Å². The summed E-state index contributed by atoms with van der Waals surface area (Å²) in [6.07, 6.45) is -0.794. The fraction of sp³-hybridized carbons (Fsp3) is 0.333. The van der Waals surface area contributed by atoms with Gasteiger partial charge in [0, 0.05) is 11.6 Å². The number of carbonyl (C=O) groups excluding carboxylic acids is 2. The van der Waals surface area contributed by atoms with E-state index in [1.54, 1.807) is 38.3 Å². The number of hydrogen-bond acceptors (Lipinski definition) is 5. The molecule has 1 unspecified atom stereocenters. The van der Waals surface area contributed by atoms with E-state index in [1.807, 2.05) is 26.0 Å². The lowest BCUT2D eigenvalue weighted by atomic mass is 10.1. The average molecular weight is 465 g/mol. The fourth-order valence-corrected chi connectivity index (χ4v) is 2.73. The standard InChI is InChI=1S/C21H25BrN2O5/c1-13-5-7-17(11-14(13)2)29-15(3)20(25)23-24-21(26)18-12-16(22)6-8-19(18)28-10-9-27-4/h5-8,11-12,15H,9-10H2,1-4H3,(H,23,25)(H,24,26). The fourth-order valence-electron chi connectivity index (χ4n) is 2.37. The molecule has 7 nitrogen and oxygen atoms in total. The minimum absolute atomic E-state index is 0.276. The predicted octanol–water partition coefficient (Wildman–Crippen LogP) is 3.32. The zero-order valence-electron chi connectivity index (χ0n) is 16.9. The molecule has 0 radical (unpaired) electrons. The maximum Gasteiger partial charge on any atom is 0.279 e. The Bertz CT molecular complexity index is 872. The summed E-state index contributed by atoms with van der Waals surface area (Å²) in [6.45, 7) is 6.26. The lowest BCUT2D eigenvalue weighted by Gasteiger charge is -2.17. The second-order valence-corrected chi connectivity index (χ2v) is 7.35. The van der Waals surface area contributed by atoms with E-state index >= 15 is 0 Å². The molecule has 0 fully saturated rings. The van der Waals surface area contributed by atoms with Crippen LogP contribution in [0.1, 0.15) is 28.4 Å². The summed E-state index contributed by atoms with van der Waals surface area (Å²) >= 11 is 3.33. The molecular formula is C21H25BrN2O5. The number of aryl methyl sites for hydroxylation is 2. The van der Waals surface area contributed by atoms with Gasteiger partial charge < -0.3 is 14.2 Å². The number of hydrogen-bond donors (Lipinski definition) is 2. The quantitative estimate of drug-likeness (QED) is 0.462. The van der Waals surface area contributed by atoms with Crippen molar-refractivity contribution in [1.29, 1.82) is 0 Å². The molecule has 0 spiro atoms. The Morgan fingerprint density at radius 2 is 1.79 bits per heavy atom. The molecule has 2 N–H and O–H groups in total. The zero-order chi connectivity index (χ0) is 21.4. The largest absolute Gasteiger partial charge is 0.490 e. The zero-order valence-corrected chi connectivity index (χ0v) is 18.5. The van der Waals surface area contributed by atoms with E-state index in [2.05, 4.69) is 26.8 Å². The summed E-state index contributed by atoms with van der Waals surface area (Å²) in [4.78, 5) is 24.8. The van der Waals surface area contributed by atoms with E-state index in [-0.39, 0.29) is 5.56 Å². The summed E-state index contributed by atoms with van der Waals surface area (Å²) in [7, 11) is 1.56. The molecular weight excluding hydrogens is 440 g/mol. The number of nitrogens with one attached hydrogen (secondary N) is 2. The molecule has 0 aliphatic carbocycles. The van der Waals surface area contributed by atoms with Crippen LogP contribution in [0.2, 0.25) is 0 Å². The van der Waals surface area contributed by atoms with Gasteiger partial charge in [0.25, 0.3) is 11.8 Å². The van der Waals surface area contributed by atoms with Gasteiger partial charge in [-0.15, -0.1) is 0 Å². The maximum absolute atomic E-state index is 12.5. The molecule has 156 valence electrons. The number of halogens is 1. The second kappa shape index (κ2) is 10.8. The first-order valence-electron chi connectivity index (χ1n) is 9.07. The molecule has 1 atom stereocenters. The smallest absolute Gasteiger partial charge is 0.279 e. The van der Waals surface area contributed by atoms with Gasteiger partial charge in [-0.1, -0.05) is 22.0 Å². The number of rotatable bonds is 8. The average Bonchev–Trinajstić information content (AvgIpc) is 2.69. The van der Waals surface area contributed by atoms with E-state index in [4.69, 9.17) is 14.2 Å². The summed E-state index contributed by atoms with van der Waals surface area (Å²) in [5.41, 5.74) is 7.26. The van der Waals surface area contributed by atoms with E-state index < -0.39 is 17.9 Å². The maximum atomic E-state index is 12.5. The van der Waals surface area contributed by atoms with Crippen LogP contribution in [-0.2, 0) is 9.53 Å². The van der Waals surface area contributed by atoms with Crippen LogP contribution in [0.25, 0.3) is 0 Å². The Balaban J connectivity index is 1.96. The molecule has 2 rings (SSSR count). The van der Waals surface area contributed by atoms with Crippen molar-refractivity contribution in [3.05, 3.63) is 57.6 Å². The third kappa shape index (κ3) is 6.76. The van der Waals surface area contributed by atoms with Crippen LogP contribution < -0.4 is 20.3 Å². The van der Waals surface area contributed by atoms with Gasteiger partial charge in [0.15, 0.2) is 6.10 Å². The first-order chi connectivity index (χ1) is 13.8. The van der Waals surface area contributed by atoms with Crippen molar-refractivity contribution in [3.63, 3.8) is 0 Å². The van der Waals surface area contributed by atoms with Crippen molar-refractivity contribution in [2.45, 2.75) is 26.9 Å². The van der Waals surface area contributed by atoms with Crippen molar-refractivity contribution in [2.24, 2.45) is 0 Å². The molecule has 2 aromatic carbocycles. The first kappa shape index (κ1) is 22.7. The minimum atomic E-state index is -0.794. The molecule has 2 aromatic rings. The highest BCUT2D eigenvalue weighted by Gasteiger charge is 2.18. The molecule has 0 aliphatic rings. The summed E-state index contributed by atoms with van der Waals surface area (Å²) < 4.78 is 16.9. The van der Waals surface area contributed by atoms with E-state index in [9.17, 15) is 9.59 Å². The van der Waals surface area contributed by atoms with E-state index in [0.29, 0.717) is 29.2 Å². The molecule has 8 heteroatoms.